The molecule has 0 aromatic heterocycles. The second-order valence-corrected chi connectivity index (χ2v) is 10.9. The highest BCUT2D eigenvalue weighted by Crippen LogP contribution is 2.16. The van der Waals surface area contributed by atoms with Gasteiger partial charge in [-0.1, -0.05) is 56.3 Å². The molecule has 0 unspecified atom stereocenters. The second-order valence-electron chi connectivity index (χ2n) is 10.9. The van der Waals surface area contributed by atoms with Crippen molar-refractivity contribution in [1.82, 2.24) is 21.3 Å². The summed E-state index contributed by atoms with van der Waals surface area (Å²) in [6.45, 7) is 8.01. The van der Waals surface area contributed by atoms with Crippen LogP contribution in [0.15, 0.2) is 54.6 Å². The number of alkyl carbamates (subject to hydrolysis) is 1. The third-order valence-corrected chi connectivity index (χ3v) is 6.44. The average molecular weight is 599 g/mol. The number of esters is 1. The summed E-state index contributed by atoms with van der Waals surface area (Å²) in [6, 6.07) is 14.1. The van der Waals surface area contributed by atoms with Crippen molar-refractivity contribution in [3.05, 3.63) is 65.7 Å². The lowest BCUT2D eigenvalue weighted by molar-refractivity contribution is -0.144. The Morgan fingerprint density at radius 3 is 2.07 bits per heavy atom. The zero-order valence-electron chi connectivity index (χ0n) is 26.0. The van der Waals surface area contributed by atoms with Gasteiger partial charge in [-0.05, 0) is 55.9 Å². The largest absolute Gasteiger partial charge is 0.491 e. The summed E-state index contributed by atoms with van der Waals surface area (Å²) >= 11 is 0. The number of likely N-dealkylation sites (N-methyl/N-ethyl adjacent to an activating group) is 1. The fourth-order valence-electron chi connectivity index (χ4n) is 4.34. The van der Waals surface area contributed by atoms with Gasteiger partial charge in [0.25, 0.3) is 0 Å². The zero-order valence-corrected chi connectivity index (χ0v) is 26.0. The van der Waals surface area contributed by atoms with Crippen LogP contribution in [-0.2, 0) is 36.9 Å². The number of hydrogen-bond acceptors (Lipinski definition) is 8. The Hall–Kier alpha value is -4.12. The number of nitrogens with one attached hydrogen (secondary N) is 4. The van der Waals surface area contributed by atoms with E-state index in [2.05, 4.69) is 21.3 Å². The Morgan fingerprint density at radius 1 is 0.814 bits per heavy atom. The van der Waals surface area contributed by atoms with Crippen molar-refractivity contribution in [2.24, 2.45) is 5.92 Å². The number of carbonyl (C=O) groups is 4. The minimum absolute atomic E-state index is 0.0344. The van der Waals surface area contributed by atoms with Crippen molar-refractivity contribution < 1.29 is 33.4 Å². The molecule has 2 rings (SSSR count). The number of methoxy groups -OCH3 is 1. The average Bonchev–Trinajstić information content (AvgIpc) is 2.98. The summed E-state index contributed by atoms with van der Waals surface area (Å²) < 4.78 is 15.9. The molecule has 43 heavy (non-hydrogen) atoms. The number of carbonyl (C=O) groups excluding carboxylic acids is 4. The van der Waals surface area contributed by atoms with Crippen molar-refractivity contribution in [3.8, 4) is 5.75 Å². The first-order valence-corrected chi connectivity index (χ1v) is 14.6. The highest BCUT2D eigenvalue weighted by atomic mass is 16.5. The van der Waals surface area contributed by atoms with Gasteiger partial charge in [0, 0.05) is 20.0 Å². The summed E-state index contributed by atoms with van der Waals surface area (Å²) in [5.41, 5.74) is 1.69. The van der Waals surface area contributed by atoms with Gasteiger partial charge in [0.15, 0.2) is 0 Å². The molecule has 0 fully saturated rings. The molecule has 236 valence electrons. The summed E-state index contributed by atoms with van der Waals surface area (Å²) in [7, 11) is 2.77. The Kier molecular flexibility index (Phi) is 15.0. The lowest BCUT2D eigenvalue weighted by Gasteiger charge is -2.27. The fourth-order valence-corrected chi connectivity index (χ4v) is 4.34. The molecule has 11 nitrogen and oxygen atoms in total. The molecule has 0 bridgehead atoms. The predicted molar refractivity (Wildman–Crippen MR) is 163 cm³/mol. The molecule has 0 aliphatic rings. The van der Waals surface area contributed by atoms with E-state index in [9.17, 15) is 19.2 Å². The van der Waals surface area contributed by atoms with Crippen molar-refractivity contribution >= 4 is 23.9 Å². The van der Waals surface area contributed by atoms with E-state index in [-0.39, 0.29) is 43.9 Å². The number of rotatable bonds is 17. The predicted octanol–water partition coefficient (Wildman–Crippen LogP) is 3.11. The van der Waals surface area contributed by atoms with Gasteiger partial charge in [0.1, 0.15) is 24.4 Å². The van der Waals surface area contributed by atoms with Gasteiger partial charge in [0.2, 0.25) is 11.8 Å². The van der Waals surface area contributed by atoms with E-state index in [1.165, 1.54) is 14.2 Å². The van der Waals surface area contributed by atoms with E-state index < -0.39 is 36.1 Å². The lowest BCUT2D eigenvalue weighted by Crippen LogP contribution is -2.56. The van der Waals surface area contributed by atoms with Gasteiger partial charge in [-0.3, -0.25) is 19.7 Å². The smallest absolute Gasteiger partial charge is 0.407 e. The molecule has 3 atom stereocenters. The van der Waals surface area contributed by atoms with Gasteiger partial charge >= 0.3 is 12.1 Å². The normalized spacial score (nSPS) is 13.0. The van der Waals surface area contributed by atoms with Crippen LogP contribution in [0.1, 0.15) is 51.7 Å². The Balaban J connectivity index is 2.05. The molecule has 0 saturated heterocycles. The first kappa shape index (κ1) is 35.1. The monoisotopic (exact) mass is 598 g/mol. The zero-order chi connectivity index (χ0) is 31.8. The summed E-state index contributed by atoms with van der Waals surface area (Å²) in [4.78, 5) is 51.0. The maximum Gasteiger partial charge on any atom is 0.407 e. The van der Waals surface area contributed by atoms with Gasteiger partial charge in [-0.2, -0.15) is 0 Å². The first-order chi connectivity index (χ1) is 20.5. The van der Waals surface area contributed by atoms with Crippen LogP contribution in [0, 0.1) is 5.92 Å². The standard InChI is InChI=1S/C32H46N4O7/c1-21(2)18-27(30(38)36-28(29(37)33-5)19-23-12-14-25(15-13-23)43-22(3)4)35-26(31(39)41-6)16-17-34-32(40)42-20-24-10-8-7-9-11-24/h7-15,21-22,26-28,35H,16-20H2,1-6H3,(H,33,37)(H,34,40)(H,36,38)/t26-,27+,28+/m1/s1. The van der Waals surface area contributed by atoms with Crippen LogP contribution in [0.25, 0.3) is 0 Å². The molecular weight excluding hydrogens is 552 g/mol. The van der Waals surface area contributed by atoms with Crippen molar-refractivity contribution in [3.63, 3.8) is 0 Å². The molecule has 0 aliphatic heterocycles. The molecular formula is C32H46N4O7. The molecule has 0 heterocycles. The van der Waals surface area contributed by atoms with E-state index in [1.807, 2.05) is 82.3 Å². The number of amides is 3. The van der Waals surface area contributed by atoms with Gasteiger partial charge < -0.3 is 30.2 Å². The third kappa shape index (κ3) is 13.2. The quantitative estimate of drug-likeness (QED) is 0.203. The lowest BCUT2D eigenvalue weighted by atomic mass is 10.00. The Bertz CT molecular complexity index is 1160. The summed E-state index contributed by atoms with van der Waals surface area (Å²) in [5, 5.41) is 11.2. The van der Waals surface area contributed by atoms with E-state index in [4.69, 9.17) is 14.2 Å². The van der Waals surface area contributed by atoms with Crippen LogP contribution in [0.4, 0.5) is 4.79 Å². The highest BCUT2D eigenvalue weighted by molar-refractivity contribution is 5.90. The van der Waals surface area contributed by atoms with Crippen molar-refractivity contribution in [1.29, 1.82) is 0 Å². The Labute approximate surface area is 254 Å². The summed E-state index contributed by atoms with van der Waals surface area (Å²) in [6.07, 6.45) is 0.219. The van der Waals surface area contributed by atoms with E-state index in [1.54, 1.807) is 0 Å². The first-order valence-electron chi connectivity index (χ1n) is 14.6. The second kappa shape index (κ2) is 18.4. The number of ether oxygens (including phenoxy) is 3. The molecule has 0 saturated carbocycles. The van der Waals surface area contributed by atoms with E-state index in [0.717, 1.165) is 11.1 Å². The Morgan fingerprint density at radius 2 is 1.49 bits per heavy atom. The van der Waals surface area contributed by atoms with Gasteiger partial charge in [-0.25, -0.2) is 4.79 Å². The fraction of sp³-hybridized carbons (Fsp3) is 0.500. The van der Waals surface area contributed by atoms with Crippen LogP contribution < -0.4 is 26.0 Å². The molecule has 4 N–H and O–H groups in total. The minimum Gasteiger partial charge on any atom is -0.491 e. The molecule has 0 radical (unpaired) electrons. The molecule has 0 spiro atoms. The van der Waals surface area contributed by atoms with Gasteiger partial charge in [-0.15, -0.1) is 0 Å². The van der Waals surface area contributed by atoms with E-state index in [0.29, 0.717) is 12.2 Å². The molecule has 0 aliphatic carbocycles. The van der Waals surface area contributed by atoms with Crippen LogP contribution >= 0.6 is 0 Å². The maximum atomic E-state index is 13.5. The van der Waals surface area contributed by atoms with Crippen LogP contribution in [-0.4, -0.2) is 68.8 Å². The van der Waals surface area contributed by atoms with Gasteiger partial charge in [0.05, 0.1) is 19.3 Å². The third-order valence-electron chi connectivity index (χ3n) is 6.44. The topological polar surface area (TPSA) is 144 Å². The van der Waals surface area contributed by atoms with E-state index >= 15 is 0 Å². The summed E-state index contributed by atoms with van der Waals surface area (Å²) in [5.74, 6) is -0.534. The molecule has 2 aromatic rings. The van der Waals surface area contributed by atoms with Crippen LogP contribution in [0.3, 0.4) is 0 Å². The number of hydrogen-bond donors (Lipinski definition) is 4. The van der Waals surface area contributed by atoms with Crippen LogP contribution in [0.2, 0.25) is 0 Å². The van der Waals surface area contributed by atoms with Crippen molar-refractivity contribution in [2.45, 2.75) is 77.8 Å². The molecule has 3 amide bonds. The highest BCUT2D eigenvalue weighted by Gasteiger charge is 2.30. The SMILES string of the molecule is CNC(=O)[C@H](Cc1ccc(OC(C)C)cc1)NC(=O)[C@H](CC(C)C)N[C@H](CCNC(=O)OCc1ccccc1)C(=O)OC. The molecule has 2 aromatic carbocycles. The van der Waals surface area contributed by atoms with Crippen molar-refractivity contribution in [2.75, 3.05) is 20.7 Å². The maximum absolute atomic E-state index is 13.5. The van der Waals surface area contributed by atoms with Crippen LogP contribution in [0.5, 0.6) is 5.75 Å². The molecule has 11 heteroatoms. The number of benzene rings is 2. The minimum atomic E-state index is -0.888.